The van der Waals surface area contributed by atoms with Gasteiger partial charge in [0.25, 0.3) is 5.56 Å². The maximum Gasteiger partial charge on any atom is 0.275 e. The van der Waals surface area contributed by atoms with E-state index in [4.69, 9.17) is 4.74 Å². The molecule has 10 nitrogen and oxygen atoms in total. The van der Waals surface area contributed by atoms with Crippen LogP contribution in [0.4, 0.5) is 11.5 Å². The first-order valence-electron chi connectivity index (χ1n) is 11.1. The fourth-order valence-corrected chi connectivity index (χ4v) is 3.90. The van der Waals surface area contributed by atoms with Crippen molar-refractivity contribution in [2.45, 2.75) is 20.4 Å². The number of ether oxygens (including phenoxy) is 1. The highest BCUT2D eigenvalue weighted by Crippen LogP contribution is 2.20. The zero-order valence-electron chi connectivity index (χ0n) is 19.1. The van der Waals surface area contributed by atoms with Crippen LogP contribution in [0.5, 0.6) is 0 Å². The lowest BCUT2D eigenvalue weighted by Crippen LogP contribution is -2.36. The second-order valence-electron chi connectivity index (χ2n) is 8.28. The highest BCUT2D eigenvalue weighted by molar-refractivity contribution is 5.90. The van der Waals surface area contributed by atoms with Gasteiger partial charge in [0.05, 0.1) is 13.2 Å². The van der Waals surface area contributed by atoms with E-state index in [1.807, 2.05) is 43.3 Å². The summed E-state index contributed by atoms with van der Waals surface area (Å²) in [5, 5.41) is 7.28. The van der Waals surface area contributed by atoms with Crippen LogP contribution in [0.3, 0.4) is 0 Å². The van der Waals surface area contributed by atoms with Crippen LogP contribution in [0, 0.1) is 13.8 Å². The summed E-state index contributed by atoms with van der Waals surface area (Å²) in [6, 6.07) is 12.8. The number of morpholine rings is 1. The van der Waals surface area contributed by atoms with E-state index in [-0.39, 0.29) is 18.0 Å². The van der Waals surface area contributed by atoms with E-state index in [0.717, 1.165) is 24.5 Å². The predicted molar refractivity (Wildman–Crippen MR) is 128 cm³/mol. The van der Waals surface area contributed by atoms with Crippen LogP contribution >= 0.6 is 0 Å². The number of hydrogen-bond donors (Lipinski definition) is 1. The Morgan fingerprint density at radius 1 is 1.09 bits per heavy atom. The first kappa shape index (κ1) is 21.8. The summed E-state index contributed by atoms with van der Waals surface area (Å²) in [5.41, 5.74) is 2.82. The van der Waals surface area contributed by atoms with Gasteiger partial charge in [0, 0.05) is 42.3 Å². The molecule has 4 heterocycles. The SMILES string of the molecule is Cc1ccc(NC(=O)Cn2c(C)cc(=O)n3nc(-c4ccc(N5CCOCC5)nc4)nc23)cc1. The Kier molecular flexibility index (Phi) is 5.81. The van der Waals surface area contributed by atoms with Crippen LogP contribution in [0.25, 0.3) is 17.2 Å². The van der Waals surface area contributed by atoms with E-state index in [9.17, 15) is 9.59 Å². The normalized spacial score (nSPS) is 13.9. The number of amides is 1. The average Bonchev–Trinajstić information content (AvgIpc) is 3.30. The van der Waals surface area contributed by atoms with Gasteiger partial charge in [-0.05, 0) is 38.1 Å². The fraction of sp³-hybridized carbons (Fsp3) is 0.292. The second-order valence-corrected chi connectivity index (χ2v) is 8.28. The Hall–Kier alpha value is -4.05. The minimum atomic E-state index is -0.306. The van der Waals surface area contributed by atoms with Gasteiger partial charge in [0.1, 0.15) is 12.4 Å². The van der Waals surface area contributed by atoms with Gasteiger partial charge >= 0.3 is 0 Å². The molecule has 1 amide bonds. The summed E-state index contributed by atoms with van der Waals surface area (Å²) in [6.45, 7) is 6.70. The molecule has 174 valence electrons. The predicted octanol–water partition coefficient (Wildman–Crippen LogP) is 2.05. The molecule has 1 N–H and O–H groups in total. The van der Waals surface area contributed by atoms with Crippen molar-refractivity contribution in [3.8, 4) is 11.4 Å². The molecule has 0 bridgehead atoms. The maximum absolute atomic E-state index is 12.7. The van der Waals surface area contributed by atoms with Crippen molar-refractivity contribution in [1.29, 1.82) is 0 Å². The molecule has 1 aromatic carbocycles. The van der Waals surface area contributed by atoms with Crippen molar-refractivity contribution in [2.75, 3.05) is 36.5 Å². The Morgan fingerprint density at radius 3 is 2.56 bits per heavy atom. The first-order valence-corrected chi connectivity index (χ1v) is 11.1. The monoisotopic (exact) mass is 459 g/mol. The Labute approximate surface area is 195 Å². The van der Waals surface area contributed by atoms with Crippen molar-refractivity contribution in [1.82, 2.24) is 24.1 Å². The minimum Gasteiger partial charge on any atom is -0.378 e. The number of aryl methyl sites for hydroxylation is 2. The van der Waals surface area contributed by atoms with E-state index in [1.54, 1.807) is 17.7 Å². The van der Waals surface area contributed by atoms with Crippen LogP contribution < -0.4 is 15.8 Å². The number of fused-ring (bicyclic) bond motifs is 1. The van der Waals surface area contributed by atoms with Crippen molar-refractivity contribution >= 4 is 23.2 Å². The highest BCUT2D eigenvalue weighted by Gasteiger charge is 2.17. The van der Waals surface area contributed by atoms with Crippen molar-refractivity contribution in [3.05, 3.63) is 70.3 Å². The third-order valence-electron chi connectivity index (χ3n) is 5.78. The average molecular weight is 460 g/mol. The minimum absolute atomic E-state index is 0.00413. The van der Waals surface area contributed by atoms with E-state index in [2.05, 4.69) is 25.3 Å². The van der Waals surface area contributed by atoms with Gasteiger partial charge in [-0.2, -0.15) is 9.50 Å². The largest absolute Gasteiger partial charge is 0.378 e. The smallest absolute Gasteiger partial charge is 0.275 e. The second kappa shape index (κ2) is 9.06. The fourth-order valence-electron chi connectivity index (χ4n) is 3.90. The Morgan fingerprint density at radius 2 is 1.85 bits per heavy atom. The molecule has 4 aromatic rings. The number of nitrogens with one attached hydrogen (secondary N) is 1. The molecule has 1 saturated heterocycles. The molecule has 1 aliphatic rings. The van der Waals surface area contributed by atoms with Crippen LogP contribution in [-0.4, -0.2) is 56.4 Å². The van der Waals surface area contributed by atoms with Crippen LogP contribution in [0.1, 0.15) is 11.3 Å². The maximum atomic E-state index is 12.7. The lowest BCUT2D eigenvalue weighted by atomic mass is 10.2. The highest BCUT2D eigenvalue weighted by atomic mass is 16.5. The first-order chi connectivity index (χ1) is 16.5. The molecule has 0 radical (unpaired) electrons. The molecule has 0 unspecified atom stereocenters. The molecule has 1 fully saturated rings. The van der Waals surface area contributed by atoms with E-state index < -0.39 is 0 Å². The number of carbonyl (C=O) groups excluding carboxylic acids is 1. The molecular weight excluding hydrogens is 434 g/mol. The zero-order valence-corrected chi connectivity index (χ0v) is 19.1. The standard InChI is InChI=1S/C24H25N7O3/c1-16-3-6-19(7-4-16)26-21(32)15-30-17(2)13-22(33)31-24(30)27-23(28-31)18-5-8-20(25-14-18)29-9-11-34-12-10-29/h3-8,13-14H,9-12,15H2,1-2H3,(H,26,32). The quantitative estimate of drug-likeness (QED) is 0.487. The molecule has 1 aliphatic heterocycles. The number of pyridine rings is 1. The number of aromatic nitrogens is 5. The summed E-state index contributed by atoms with van der Waals surface area (Å²) in [7, 11) is 0. The van der Waals surface area contributed by atoms with Gasteiger partial charge in [0.15, 0.2) is 5.82 Å². The molecule has 0 spiro atoms. The molecule has 0 saturated carbocycles. The third-order valence-corrected chi connectivity index (χ3v) is 5.78. The number of benzene rings is 1. The number of anilines is 2. The number of nitrogens with zero attached hydrogens (tertiary/aromatic N) is 6. The molecule has 5 rings (SSSR count). The van der Waals surface area contributed by atoms with Crippen molar-refractivity contribution in [3.63, 3.8) is 0 Å². The van der Waals surface area contributed by atoms with E-state index in [1.165, 1.54) is 10.6 Å². The Bertz CT molecular complexity index is 1390. The van der Waals surface area contributed by atoms with Gasteiger partial charge < -0.3 is 19.5 Å². The van der Waals surface area contributed by atoms with E-state index in [0.29, 0.717) is 41.8 Å². The summed E-state index contributed by atoms with van der Waals surface area (Å²) >= 11 is 0. The zero-order chi connectivity index (χ0) is 23.7. The van der Waals surface area contributed by atoms with E-state index >= 15 is 0 Å². The van der Waals surface area contributed by atoms with Gasteiger partial charge in [0.2, 0.25) is 11.7 Å². The summed E-state index contributed by atoms with van der Waals surface area (Å²) in [4.78, 5) is 36.6. The van der Waals surface area contributed by atoms with Crippen molar-refractivity contribution in [2.24, 2.45) is 0 Å². The van der Waals surface area contributed by atoms with Crippen LogP contribution in [0.15, 0.2) is 53.5 Å². The van der Waals surface area contributed by atoms with Gasteiger partial charge in [-0.15, -0.1) is 5.10 Å². The van der Waals surface area contributed by atoms with Gasteiger partial charge in [-0.1, -0.05) is 17.7 Å². The molecule has 0 atom stereocenters. The summed E-state index contributed by atoms with van der Waals surface area (Å²) in [6.07, 6.45) is 1.70. The lowest BCUT2D eigenvalue weighted by Gasteiger charge is -2.27. The van der Waals surface area contributed by atoms with Crippen LogP contribution in [-0.2, 0) is 16.1 Å². The number of carbonyl (C=O) groups is 1. The number of rotatable bonds is 5. The molecule has 0 aliphatic carbocycles. The lowest BCUT2D eigenvalue weighted by molar-refractivity contribution is -0.116. The number of hydrogen-bond acceptors (Lipinski definition) is 7. The van der Waals surface area contributed by atoms with Gasteiger partial charge in [-0.25, -0.2) is 4.98 Å². The third kappa shape index (κ3) is 4.40. The molecule has 3 aromatic heterocycles. The van der Waals surface area contributed by atoms with Crippen LogP contribution in [0.2, 0.25) is 0 Å². The van der Waals surface area contributed by atoms with Crippen molar-refractivity contribution < 1.29 is 9.53 Å². The molecule has 34 heavy (non-hydrogen) atoms. The molecular formula is C24H25N7O3. The topological polar surface area (TPSA) is 107 Å². The summed E-state index contributed by atoms with van der Waals surface area (Å²) < 4.78 is 8.29. The van der Waals surface area contributed by atoms with Gasteiger partial charge in [-0.3, -0.25) is 9.59 Å². The summed E-state index contributed by atoms with van der Waals surface area (Å²) in [5.74, 6) is 1.31. The Balaban J connectivity index is 1.42. The molecule has 10 heteroatoms.